The predicted molar refractivity (Wildman–Crippen MR) is 82.0 cm³/mol. The third-order valence-electron chi connectivity index (χ3n) is 3.89. The second-order valence-corrected chi connectivity index (χ2v) is 5.65. The van der Waals surface area contributed by atoms with E-state index in [1.165, 1.54) is 5.56 Å². The van der Waals surface area contributed by atoms with Crippen LogP contribution >= 0.6 is 11.6 Å². The third-order valence-corrected chi connectivity index (χ3v) is 4.14. The molecule has 3 heteroatoms. The quantitative estimate of drug-likeness (QED) is 0.895. The molecule has 0 aliphatic heterocycles. The first kappa shape index (κ1) is 13.0. The van der Waals surface area contributed by atoms with Crippen LogP contribution in [0.2, 0.25) is 5.02 Å². The molecule has 0 unspecified atom stereocenters. The lowest BCUT2D eigenvalue weighted by Crippen LogP contribution is -2.34. The van der Waals surface area contributed by atoms with E-state index in [-0.39, 0.29) is 0 Å². The second-order valence-electron chi connectivity index (χ2n) is 5.22. The molecule has 2 aromatic rings. The number of anilines is 1. The molecule has 0 heterocycles. The molecule has 2 aromatic carbocycles. The van der Waals surface area contributed by atoms with Crippen LogP contribution < -0.4 is 5.32 Å². The van der Waals surface area contributed by atoms with E-state index in [1.807, 2.05) is 36.4 Å². The molecule has 1 saturated carbocycles. The number of para-hydroxylation sites is 1. The van der Waals surface area contributed by atoms with Crippen LogP contribution in [0.4, 0.5) is 5.69 Å². The fourth-order valence-corrected chi connectivity index (χ4v) is 2.80. The van der Waals surface area contributed by atoms with Gasteiger partial charge in [-0.25, -0.2) is 0 Å². The van der Waals surface area contributed by atoms with Crippen LogP contribution in [0.5, 0.6) is 0 Å². The molecule has 0 saturated heterocycles. The highest BCUT2D eigenvalue weighted by Gasteiger charge is 2.30. The molecule has 0 radical (unpaired) electrons. The summed E-state index contributed by atoms with van der Waals surface area (Å²) < 4.78 is 0. The molecule has 0 bridgehead atoms. The average molecular weight is 283 g/mol. The highest BCUT2D eigenvalue weighted by molar-refractivity contribution is 6.30. The fraction of sp³-hybridized carbons (Fsp3) is 0.235. The number of benzene rings is 2. The van der Waals surface area contributed by atoms with Crippen molar-refractivity contribution in [3.63, 3.8) is 0 Å². The Kier molecular flexibility index (Phi) is 3.62. The van der Waals surface area contributed by atoms with Crippen molar-refractivity contribution in [3.05, 3.63) is 64.7 Å². The molecule has 1 fully saturated rings. The zero-order chi connectivity index (χ0) is 13.9. The van der Waals surface area contributed by atoms with Gasteiger partial charge in [-0.2, -0.15) is 5.26 Å². The number of nitriles is 1. The summed E-state index contributed by atoms with van der Waals surface area (Å²) in [6.45, 7) is 0. The molecule has 1 aliphatic carbocycles. The summed E-state index contributed by atoms with van der Waals surface area (Å²) in [6, 6.07) is 18.4. The summed E-state index contributed by atoms with van der Waals surface area (Å²) in [5.41, 5.74) is 3.00. The van der Waals surface area contributed by atoms with E-state index in [0.717, 1.165) is 23.6 Å². The van der Waals surface area contributed by atoms with Crippen LogP contribution in [0.1, 0.15) is 29.9 Å². The van der Waals surface area contributed by atoms with Gasteiger partial charge in [-0.1, -0.05) is 35.9 Å². The Morgan fingerprint density at radius 1 is 1.05 bits per heavy atom. The Morgan fingerprint density at radius 3 is 2.45 bits per heavy atom. The molecule has 0 aromatic heterocycles. The molecule has 1 N–H and O–H groups in total. The minimum Gasteiger partial charge on any atom is -0.381 e. The highest BCUT2D eigenvalue weighted by atomic mass is 35.5. The van der Waals surface area contributed by atoms with E-state index in [9.17, 15) is 0 Å². The SMILES string of the molecule is N#Cc1ccccc1NC1CC(c2ccc(Cl)cc2)C1. The fourth-order valence-electron chi connectivity index (χ4n) is 2.67. The number of hydrogen-bond donors (Lipinski definition) is 1. The number of halogens is 1. The van der Waals surface area contributed by atoms with Crippen molar-refractivity contribution in [1.82, 2.24) is 0 Å². The molecule has 0 amide bonds. The van der Waals surface area contributed by atoms with Crippen molar-refractivity contribution in [2.75, 3.05) is 5.32 Å². The Hall–Kier alpha value is -1.98. The van der Waals surface area contributed by atoms with E-state index in [2.05, 4.69) is 23.5 Å². The van der Waals surface area contributed by atoms with Crippen LogP contribution in [-0.2, 0) is 0 Å². The maximum Gasteiger partial charge on any atom is 0.101 e. The van der Waals surface area contributed by atoms with Gasteiger partial charge in [-0.05, 0) is 48.6 Å². The van der Waals surface area contributed by atoms with Crippen molar-refractivity contribution in [3.8, 4) is 6.07 Å². The first-order valence-electron chi connectivity index (χ1n) is 6.77. The predicted octanol–water partition coefficient (Wildman–Crippen LogP) is 4.57. The summed E-state index contributed by atoms with van der Waals surface area (Å²) >= 11 is 5.90. The maximum absolute atomic E-state index is 9.08. The van der Waals surface area contributed by atoms with E-state index >= 15 is 0 Å². The van der Waals surface area contributed by atoms with E-state index < -0.39 is 0 Å². The van der Waals surface area contributed by atoms with Crippen LogP contribution in [0.25, 0.3) is 0 Å². The Labute approximate surface area is 124 Å². The number of nitrogens with one attached hydrogen (secondary N) is 1. The number of rotatable bonds is 3. The highest BCUT2D eigenvalue weighted by Crippen LogP contribution is 2.39. The summed E-state index contributed by atoms with van der Waals surface area (Å²) in [6.07, 6.45) is 2.20. The zero-order valence-electron chi connectivity index (χ0n) is 11.0. The van der Waals surface area contributed by atoms with Crippen LogP contribution in [0.15, 0.2) is 48.5 Å². The smallest absolute Gasteiger partial charge is 0.101 e. The van der Waals surface area contributed by atoms with Gasteiger partial charge < -0.3 is 5.32 Å². The molecule has 2 nitrogen and oxygen atoms in total. The second kappa shape index (κ2) is 5.56. The Morgan fingerprint density at radius 2 is 1.75 bits per heavy atom. The van der Waals surface area contributed by atoms with Crippen molar-refractivity contribution in [1.29, 1.82) is 5.26 Å². The topological polar surface area (TPSA) is 35.8 Å². The first-order chi connectivity index (χ1) is 9.76. The van der Waals surface area contributed by atoms with Gasteiger partial charge in [0, 0.05) is 11.1 Å². The lowest BCUT2D eigenvalue weighted by atomic mass is 9.76. The van der Waals surface area contributed by atoms with Gasteiger partial charge in [0.1, 0.15) is 6.07 Å². The minimum absolute atomic E-state index is 0.449. The molecule has 1 aliphatic rings. The van der Waals surface area contributed by atoms with Gasteiger partial charge in [0.2, 0.25) is 0 Å². The molecule has 0 spiro atoms. The largest absolute Gasteiger partial charge is 0.381 e. The van der Waals surface area contributed by atoms with E-state index in [4.69, 9.17) is 16.9 Å². The van der Waals surface area contributed by atoms with Gasteiger partial charge in [-0.3, -0.25) is 0 Å². The molecule has 3 rings (SSSR count). The normalized spacial score (nSPS) is 20.8. The lowest BCUT2D eigenvalue weighted by molar-refractivity contribution is 0.374. The molecular weight excluding hydrogens is 268 g/mol. The van der Waals surface area contributed by atoms with Gasteiger partial charge in [-0.15, -0.1) is 0 Å². The molecule has 100 valence electrons. The van der Waals surface area contributed by atoms with Crippen molar-refractivity contribution < 1.29 is 0 Å². The van der Waals surface area contributed by atoms with Gasteiger partial charge >= 0.3 is 0 Å². The van der Waals surface area contributed by atoms with Crippen molar-refractivity contribution in [2.45, 2.75) is 24.8 Å². The third kappa shape index (κ3) is 2.64. The minimum atomic E-state index is 0.449. The summed E-state index contributed by atoms with van der Waals surface area (Å²) in [7, 11) is 0. The van der Waals surface area contributed by atoms with E-state index in [0.29, 0.717) is 17.5 Å². The first-order valence-corrected chi connectivity index (χ1v) is 7.15. The van der Waals surface area contributed by atoms with Crippen molar-refractivity contribution in [2.24, 2.45) is 0 Å². The lowest BCUT2D eigenvalue weighted by Gasteiger charge is -2.37. The van der Waals surface area contributed by atoms with Crippen LogP contribution in [-0.4, -0.2) is 6.04 Å². The summed E-state index contributed by atoms with van der Waals surface area (Å²) in [4.78, 5) is 0. The zero-order valence-corrected chi connectivity index (χ0v) is 11.8. The maximum atomic E-state index is 9.08. The Bertz CT molecular complexity index is 637. The van der Waals surface area contributed by atoms with Crippen LogP contribution in [0.3, 0.4) is 0 Å². The number of nitrogens with zero attached hydrogens (tertiary/aromatic N) is 1. The van der Waals surface area contributed by atoms with Gasteiger partial charge in [0.05, 0.1) is 11.3 Å². The van der Waals surface area contributed by atoms with Crippen molar-refractivity contribution >= 4 is 17.3 Å². The van der Waals surface area contributed by atoms with Gasteiger partial charge in [0.15, 0.2) is 0 Å². The van der Waals surface area contributed by atoms with Gasteiger partial charge in [0.25, 0.3) is 0 Å². The molecular formula is C17H15ClN2. The van der Waals surface area contributed by atoms with Crippen LogP contribution in [0, 0.1) is 11.3 Å². The molecule has 0 atom stereocenters. The Balaban J connectivity index is 1.61. The molecule has 20 heavy (non-hydrogen) atoms. The number of hydrogen-bond acceptors (Lipinski definition) is 2. The average Bonchev–Trinajstić information content (AvgIpc) is 2.44. The standard InChI is InChI=1S/C17H15ClN2/c18-15-7-5-12(6-8-15)14-9-16(10-14)20-17-4-2-1-3-13(17)11-19/h1-8,14,16,20H,9-10H2. The summed E-state index contributed by atoms with van der Waals surface area (Å²) in [5, 5.41) is 13.3. The van der Waals surface area contributed by atoms with E-state index in [1.54, 1.807) is 0 Å². The summed E-state index contributed by atoms with van der Waals surface area (Å²) in [5.74, 6) is 0.596. The monoisotopic (exact) mass is 282 g/mol.